The minimum atomic E-state index is -0.669. The summed E-state index contributed by atoms with van der Waals surface area (Å²) in [6.07, 6.45) is -1.11. The number of halogens is 2. The van der Waals surface area contributed by atoms with Gasteiger partial charge in [0.25, 0.3) is 0 Å². The molecule has 21 heavy (non-hydrogen) atoms. The first kappa shape index (κ1) is 18.5. The number of ether oxygens (including phenoxy) is 1. The van der Waals surface area contributed by atoms with Crippen LogP contribution in [-0.4, -0.2) is 53.1 Å². The van der Waals surface area contributed by atoms with E-state index < -0.39 is 12.2 Å². The van der Waals surface area contributed by atoms with Crippen molar-refractivity contribution < 1.29 is 14.9 Å². The maximum absolute atomic E-state index is 10.1. The topological polar surface area (TPSA) is 52.9 Å². The second-order valence-electron chi connectivity index (χ2n) is 5.44. The van der Waals surface area contributed by atoms with Crippen LogP contribution in [0.4, 0.5) is 0 Å². The van der Waals surface area contributed by atoms with Crippen LogP contribution in [0.1, 0.15) is 20.8 Å². The van der Waals surface area contributed by atoms with Gasteiger partial charge in [0, 0.05) is 24.2 Å². The molecule has 0 fully saturated rings. The standard InChI is InChI=1S/C15H23Cl2NO3/c1-10(2)18(7-11(3)19)8-13(20)9-21-15-5-4-12(16)6-14(15)17/h4-6,10-11,13,19-20H,7-9H2,1-3H3. The molecule has 0 aliphatic carbocycles. The molecule has 2 N–H and O–H groups in total. The first-order chi connectivity index (χ1) is 9.79. The molecule has 0 aromatic heterocycles. The quantitative estimate of drug-likeness (QED) is 0.767. The molecule has 0 amide bonds. The van der Waals surface area contributed by atoms with Gasteiger partial charge in [-0.05, 0) is 39.0 Å². The highest BCUT2D eigenvalue weighted by molar-refractivity contribution is 6.35. The van der Waals surface area contributed by atoms with Gasteiger partial charge in [-0.1, -0.05) is 23.2 Å². The molecule has 0 aliphatic heterocycles. The first-order valence-electron chi connectivity index (χ1n) is 6.97. The highest BCUT2D eigenvalue weighted by atomic mass is 35.5. The maximum Gasteiger partial charge on any atom is 0.138 e. The van der Waals surface area contributed by atoms with Crippen molar-refractivity contribution in [2.24, 2.45) is 0 Å². The van der Waals surface area contributed by atoms with Gasteiger partial charge >= 0.3 is 0 Å². The number of rotatable bonds is 8. The van der Waals surface area contributed by atoms with Crippen molar-refractivity contribution in [1.82, 2.24) is 4.90 Å². The fraction of sp³-hybridized carbons (Fsp3) is 0.600. The van der Waals surface area contributed by atoms with Crippen LogP contribution in [0.5, 0.6) is 5.75 Å². The average molecular weight is 336 g/mol. The number of hydrogen-bond acceptors (Lipinski definition) is 4. The van der Waals surface area contributed by atoms with E-state index >= 15 is 0 Å². The van der Waals surface area contributed by atoms with Gasteiger partial charge in [0.1, 0.15) is 18.5 Å². The van der Waals surface area contributed by atoms with Gasteiger partial charge in [-0.25, -0.2) is 0 Å². The van der Waals surface area contributed by atoms with Crippen molar-refractivity contribution in [2.75, 3.05) is 19.7 Å². The molecule has 0 spiro atoms. The highest BCUT2D eigenvalue weighted by Crippen LogP contribution is 2.27. The zero-order valence-electron chi connectivity index (χ0n) is 12.6. The van der Waals surface area contributed by atoms with Crippen molar-refractivity contribution in [3.63, 3.8) is 0 Å². The SMILES string of the molecule is CC(O)CN(CC(O)COc1ccc(Cl)cc1Cl)C(C)C. The Morgan fingerprint density at radius 2 is 1.81 bits per heavy atom. The van der Waals surface area contributed by atoms with Gasteiger partial charge in [0.15, 0.2) is 0 Å². The Morgan fingerprint density at radius 3 is 2.33 bits per heavy atom. The fourth-order valence-electron chi connectivity index (χ4n) is 1.94. The highest BCUT2D eigenvalue weighted by Gasteiger charge is 2.17. The first-order valence-corrected chi connectivity index (χ1v) is 7.73. The van der Waals surface area contributed by atoms with Crippen LogP contribution in [0.25, 0.3) is 0 Å². The predicted octanol–water partition coefficient (Wildman–Crippen LogP) is 2.82. The Morgan fingerprint density at radius 1 is 1.14 bits per heavy atom. The number of nitrogens with zero attached hydrogens (tertiary/aromatic N) is 1. The second kappa shape index (κ2) is 8.81. The Labute approximate surface area is 136 Å². The van der Waals surface area contributed by atoms with E-state index in [2.05, 4.69) is 0 Å². The lowest BCUT2D eigenvalue weighted by Crippen LogP contribution is -2.43. The minimum absolute atomic E-state index is 0.129. The fourth-order valence-corrected chi connectivity index (χ4v) is 2.40. The van der Waals surface area contributed by atoms with E-state index in [-0.39, 0.29) is 12.6 Å². The van der Waals surface area contributed by atoms with Crippen LogP contribution >= 0.6 is 23.2 Å². The van der Waals surface area contributed by atoms with Crippen LogP contribution in [-0.2, 0) is 0 Å². The van der Waals surface area contributed by atoms with Crippen LogP contribution in [0.15, 0.2) is 18.2 Å². The molecule has 6 heteroatoms. The summed E-state index contributed by atoms with van der Waals surface area (Å²) in [5, 5.41) is 20.5. The van der Waals surface area contributed by atoms with Gasteiger partial charge < -0.3 is 14.9 Å². The summed E-state index contributed by atoms with van der Waals surface area (Å²) >= 11 is 11.8. The van der Waals surface area contributed by atoms with Gasteiger partial charge in [0.2, 0.25) is 0 Å². The molecule has 0 aliphatic rings. The van der Waals surface area contributed by atoms with Crippen molar-refractivity contribution in [3.8, 4) is 5.75 Å². The number of aliphatic hydroxyl groups is 2. The van der Waals surface area contributed by atoms with Crippen LogP contribution in [0.3, 0.4) is 0 Å². The van der Waals surface area contributed by atoms with E-state index in [1.54, 1.807) is 25.1 Å². The van der Waals surface area contributed by atoms with Crippen molar-refractivity contribution in [1.29, 1.82) is 0 Å². The average Bonchev–Trinajstić information content (AvgIpc) is 2.36. The molecular weight excluding hydrogens is 313 g/mol. The molecule has 1 rings (SSSR count). The lowest BCUT2D eigenvalue weighted by molar-refractivity contribution is 0.0366. The molecule has 4 nitrogen and oxygen atoms in total. The molecule has 2 unspecified atom stereocenters. The van der Waals surface area contributed by atoms with Crippen LogP contribution in [0, 0.1) is 0 Å². The summed E-state index contributed by atoms with van der Waals surface area (Å²) < 4.78 is 5.51. The Kier molecular flexibility index (Phi) is 7.77. The lowest BCUT2D eigenvalue weighted by atomic mass is 10.2. The molecule has 1 aromatic rings. The molecule has 0 saturated heterocycles. The summed E-state index contributed by atoms with van der Waals surface area (Å²) in [6.45, 7) is 6.83. The van der Waals surface area contributed by atoms with Crippen LogP contribution < -0.4 is 4.74 Å². The smallest absolute Gasteiger partial charge is 0.138 e. The van der Waals surface area contributed by atoms with E-state index in [0.717, 1.165) is 0 Å². The van der Waals surface area contributed by atoms with E-state index in [1.165, 1.54) is 0 Å². The van der Waals surface area contributed by atoms with Gasteiger partial charge in [-0.2, -0.15) is 0 Å². The largest absolute Gasteiger partial charge is 0.489 e. The number of benzene rings is 1. The van der Waals surface area contributed by atoms with Crippen molar-refractivity contribution >= 4 is 23.2 Å². The van der Waals surface area contributed by atoms with Gasteiger partial charge in [-0.3, -0.25) is 4.90 Å². The Hall–Kier alpha value is -0.520. The summed E-state index contributed by atoms with van der Waals surface area (Å²) in [6, 6.07) is 5.18. The summed E-state index contributed by atoms with van der Waals surface area (Å²) in [7, 11) is 0. The van der Waals surface area contributed by atoms with E-state index in [9.17, 15) is 10.2 Å². The van der Waals surface area contributed by atoms with E-state index in [0.29, 0.717) is 28.9 Å². The van der Waals surface area contributed by atoms with Gasteiger partial charge in [0.05, 0.1) is 11.1 Å². The monoisotopic (exact) mass is 335 g/mol. The Bertz CT molecular complexity index is 441. The summed E-state index contributed by atoms with van der Waals surface area (Å²) in [4.78, 5) is 2.00. The third-order valence-corrected chi connectivity index (χ3v) is 3.53. The molecule has 0 heterocycles. The van der Waals surface area contributed by atoms with E-state index in [1.807, 2.05) is 18.7 Å². The van der Waals surface area contributed by atoms with Crippen LogP contribution in [0.2, 0.25) is 10.0 Å². The molecule has 120 valence electrons. The van der Waals surface area contributed by atoms with E-state index in [4.69, 9.17) is 27.9 Å². The predicted molar refractivity (Wildman–Crippen MR) is 86.4 cm³/mol. The van der Waals surface area contributed by atoms with Crippen molar-refractivity contribution in [2.45, 2.75) is 39.0 Å². The molecule has 0 saturated carbocycles. The zero-order chi connectivity index (χ0) is 16.0. The number of hydrogen-bond donors (Lipinski definition) is 2. The molecule has 1 aromatic carbocycles. The van der Waals surface area contributed by atoms with Gasteiger partial charge in [-0.15, -0.1) is 0 Å². The number of aliphatic hydroxyl groups excluding tert-OH is 2. The zero-order valence-corrected chi connectivity index (χ0v) is 14.1. The Balaban J connectivity index is 2.50. The molecular formula is C15H23Cl2NO3. The normalized spacial score (nSPS) is 14.5. The minimum Gasteiger partial charge on any atom is -0.489 e. The summed E-state index contributed by atoms with van der Waals surface area (Å²) in [5.41, 5.74) is 0. The molecule has 2 atom stereocenters. The van der Waals surface area contributed by atoms with Crippen molar-refractivity contribution in [3.05, 3.63) is 28.2 Å². The second-order valence-corrected chi connectivity index (χ2v) is 6.28. The third-order valence-electron chi connectivity index (χ3n) is 3.00. The molecule has 0 radical (unpaired) electrons. The maximum atomic E-state index is 10.1. The summed E-state index contributed by atoms with van der Waals surface area (Å²) in [5.74, 6) is 0.492. The molecule has 0 bridgehead atoms. The lowest BCUT2D eigenvalue weighted by Gasteiger charge is -2.29. The third kappa shape index (κ3) is 6.85.